The number of esters is 1. The van der Waals surface area contributed by atoms with Crippen LogP contribution in [0.5, 0.6) is 11.5 Å². The van der Waals surface area contributed by atoms with Gasteiger partial charge in [0.05, 0.1) is 29.3 Å². The molecule has 2 heterocycles. The van der Waals surface area contributed by atoms with Crippen molar-refractivity contribution >= 4 is 16.9 Å². The van der Waals surface area contributed by atoms with Crippen molar-refractivity contribution in [2.24, 2.45) is 0 Å². The molecule has 0 saturated carbocycles. The van der Waals surface area contributed by atoms with Crippen LogP contribution in [0.25, 0.3) is 16.9 Å². The molecule has 9 heteroatoms. The number of para-hydroxylation sites is 1. The molecule has 0 aliphatic carbocycles. The first kappa shape index (κ1) is 20.3. The molecule has 2 aromatic carbocycles. The van der Waals surface area contributed by atoms with Gasteiger partial charge in [-0.1, -0.05) is 18.2 Å². The lowest BCUT2D eigenvalue weighted by atomic mass is 10.1. The summed E-state index contributed by atoms with van der Waals surface area (Å²) >= 11 is 0. The van der Waals surface area contributed by atoms with Crippen molar-refractivity contribution in [2.45, 2.75) is 20.8 Å². The molecule has 0 fully saturated rings. The number of hydrogen-bond acceptors (Lipinski definition) is 6. The van der Waals surface area contributed by atoms with E-state index in [4.69, 9.17) is 9.47 Å². The fourth-order valence-electron chi connectivity index (χ4n) is 3.14. The van der Waals surface area contributed by atoms with Crippen molar-refractivity contribution in [3.8, 4) is 17.4 Å². The average Bonchev–Trinajstić information content (AvgIpc) is 3.22. The van der Waals surface area contributed by atoms with Crippen molar-refractivity contribution < 1.29 is 18.7 Å². The van der Waals surface area contributed by atoms with Crippen LogP contribution in [0.4, 0.5) is 4.39 Å². The van der Waals surface area contributed by atoms with Gasteiger partial charge in [0.1, 0.15) is 5.75 Å². The molecule has 0 unspecified atom stereocenters. The lowest BCUT2D eigenvalue weighted by molar-refractivity contribution is 0.0526. The van der Waals surface area contributed by atoms with E-state index in [-0.39, 0.29) is 34.8 Å². The number of benzene rings is 2. The number of halogens is 1. The highest BCUT2D eigenvalue weighted by atomic mass is 19.1. The van der Waals surface area contributed by atoms with Crippen LogP contribution in [0.2, 0.25) is 0 Å². The van der Waals surface area contributed by atoms with E-state index >= 15 is 0 Å². The Kier molecular flexibility index (Phi) is 5.24. The van der Waals surface area contributed by atoms with Crippen LogP contribution >= 0.6 is 0 Å². The predicted octanol–water partition coefficient (Wildman–Crippen LogP) is 3.83. The number of carbonyl (C=O) groups excluding carboxylic acids is 1. The summed E-state index contributed by atoms with van der Waals surface area (Å²) in [7, 11) is 0. The zero-order valence-electron chi connectivity index (χ0n) is 17.1. The number of nitrogens with one attached hydrogen (secondary N) is 1. The largest absolute Gasteiger partial charge is 0.462 e. The normalized spacial score (nSPS) is 11.0. The SMILES string of the molecule is CCOC(=O)c1cnn(-c2nc3cc(F)c(Oc4c(C)cccc4C)cc3c(=O)[nH]2)c1. The summed E-state index contributed by atoms with van der Waals surface area (Å²) in [6, 6.07) is 8.05. The molecular formula is C22H19FN4O4. The molecular weight excluding hydrogens is 403 g/mol. The predicted molar refractivity (Wildman–Crippen MR) is 111 cm³/mol. The van der Waals surface area contributed by atoms with Gasteiger partial charge in [-0.15, -0.1) is 0 Å². The molecule has 4 rings (SSSR count). The smallest absolute Gasteiger partial charge is 0.341 e. The molecule has 31 heavy (non-hydrogen) atoms. The van der Waals surface area contributed by atoms with E-state index in [9.17, 15) is 14.0 Å². The molecule has 0 bridgehead atoms. The highest BCUT2D eigenvalue weighted by Gasteiger charge is 2.16. The fraction of sp³-hybridized carbons (Fsp3) is 0.182. The molecule has 1 N–H and O–H groups in total. The Balaban J connectivity index is 1.73. The average molecular weight is 422 g/mol. The molecule has 4 aromatic rings. The monoisotopic (exact) mass is 422 g/mol. The summed E-state index contributed by atoms with van der Waals surface area (Å²) in [4.78, 5) is 31.3. The second kappa shape index (κ2) is 8.02. The van der Waals surface area contributed by atoms with Gasteiger partial charge in [0.15, 0.2) is 11.6 Å². The minimum Gasteiger partial charge on any atom is -0.462 e. The molecule has 0 aliphatic heterocycles. The van der Waals surface area contributed by atoms with Crippen molar-refractivity contribution in [1.82, 2.24) is 19.7 Å². The fourth-order valence-corrected chi connectivity index (χ4v) is 3.14. The van der Waals surface area contributed by atoms with Crippen LogP contribution in [0.15, 0.2) is 47.5 Å². The first-order valence-electron chi connectivity index (χ1n) is 9.57. The topological polar surface area (TPSA) is 99.1 Å². The molecule has 2 aromatic heterocycles. The maximum atomic E-state index is 14.8. The summed E-state index contributed by atoms with van der Waals surface area (Å²) in [6.45, 7) is 5.63. The maximum Gasteiger partial charge on any atom is 0.341 e. The molecule has 0 amide bonds. The number of fused-ring (bicyclic) bond motifs is 1. The van der Waals surface area contributed by atoms with Gasteiger partial charge in [-0.3, -0.25) is 9.78 Å². The van der Waals surface area contributed by atoms with Gasteiger partial charge in [-0.05, 0) is 38.0 Å². The second-order valence-electron chi connectivity index (χ2n) is 6.91. The third-order valence-electron chi connectivity index (χ3n) is 4.68. The number of H-pyrrole nitrogens is 1. The zero-order chi connectivity index (χ0) is 22.1. The van der Waals surface area contributed by atoms with Gasteiger partial charge in [0.2, 0.25) is 5.95 Å². The van der Waals surface area contributed by atoms with Crippen LogP contribution in [-0.4, -0.2) is 32.3 Å². The first-order chi connectivity index (χ1) is 14.9. The maximum absolute atomic E-state index is 14.8. The third kappa shape index (κ3) is 3.89. The molecule has 0 saturated heterocycles. The first-order valence-corrected chi connectivity index (χ1v) is 9.57. The van der Waals surface area contributed by atoms with Gasteiger partial charge < -0.3 is 9.47 Å². The molecule has 0 radical (unpaired) electrons. The number of aromatic amines is 1. The van der Waals surface area contributed by atoms with E-state index < -0.39 is 17.3 Å². The highest BCUT2D eigenvalue weighted by molar-refractivity contribution is 5.88. The standard InChI is InChI=1S/C22H19FN4O4/c1-4-30-21(29)14-10-24-27(11-14)22-25-17-9-16(23)18(8-15(17)20(28)26-22)31-19-12(2)6-5-7-13(19)3/h5-11H,4H2,1-3H3,(H,25,26,28). The van der Waals surface area contributed by atoms with Crippen molar-refractivity contribution in [2.75, 3.05) is 6.61 Å². The Hall–Kier alpha value is -4.01. The summed E-state index contributed by atoms with van der Waals surface area (Å²) < 4.78 is 26.7. The van der Waals surface area contributed by atoms with Gasteiger partial charge in [0, 0.05) is 12.3 Å². The zero-order valence-corrected chi connectivity index (χ0v) is 17.1. The van der Waals surface area contributed by atoms with Crippen LogP contribution in [0.1, 0.15) is 28.4 Å². The Bertz CT molecular complexity index is 1340. The van der Waals surface area contributed by atoms with Gasteiger partial charge >= 0.3 is 5.97 Å². The number of carbonyl (C=O) groups is 1. The number of ether oxygens (including phenoxy) is 2. The van der Waals surface area contributed by atoms with Crippen LogP contribution < -0.4 is 10.3 Å². The quantitative estimate of drug-likeness (QED) is 0.491. The molecule has 0 spiro atoms. The summed E-state index contributed by atoms with van der Waals surface area (Å²) in [5, 5.41) is 4.17. The summed E-state index contributed by atoms with van der Waals surface area (Å²) in [5.74, 6) is -0.711. The third-order valence-corrected chi connectivity index (χ3v) is 4.68. The second-order valence-corrected chi connectivity index (χ2v) is 6.91. The number of aromatic nitrogens is 4. The minimum absolute atomic E-state index is 0.0378. The molecule has 158 valence electrons. The Morgan fingerprint density at radius 3 is 2.68 bits per heavy atom. The highest BCUT2D eigenvalue weighted by Crippen LogP contribution is 2.31. The van der Waals surface area contributed by atoms with E-state index in [0.29, 0.717) is 5.75 Å². The van der Waals surface area contributed by atoms with E-state index in [1.807, 2.05) is 32.0 Å². The van der Waals surface area contributed by atoms with E-state index in [1.165, 1.54) is 23.1 Å². The van der Waals surface area contributed by atoms with Gasteiger partial charge in [-0.2, -0.15) is 5.10 Å². The number of aryl methyl sites for hydroxylation is 2. The number of hydrogen-bond donors (Lipinski definition) is 1. The van der Waals surface area contributed by atoms with E-state index in [0.717, 1.165) is 17.2 Å². The number of rotatable bonds is 5. The van der Waals surface area contributed by atoms with Crippen LogP contribution in [0.3, 0.4) is 0 Å². The van der Waals surface area contributed by atoms with Crippen LogP contribution in [-0.2, 0) is 4.74 Å². The minimum atomic E-state index is -0.660. The molecule has 8 nitrogen and oxygen atoms in total. The Morgan fingerprint density at radius 2 is 1.97 bits per heavy atom. The van der Waals surface area contributed by atoms with Crippen LogP contribution in [0, 0.1) is 19.7 Å². The van der Waals surface area contributed by atoms with Crippen molar-refractivity contribution in [3.63, 3.8) is 0 Å². The lowest BCUT2D eigenvalue weighted by Crippen LogP contribution is -2.14. The Labute approximate surface area is 176 Å². The van der Waals surface area contributed by atoms with Gasteiger partial charge in [-0.25, -0.2) is 18.9 Å². The molecule has 0 aliphatic rings. The Morgan fingerprint density at radius 1 is 1.23 bits per heavy atom. The lowest BCUT2D eigenvalue weighted by Gasteiger charge is -2.13. The molecule has 0 atom stereocenters. The van der Waals surface area contributed by atoms with Crippen molar-refractivity contribution in [1.29, 1.82) is 0 Å². The van der Waals surface area contributed by atoms with E-state index in [2.05, 4.69) is 15.1 Å². The summed E-state index contributed by atoms with van der Waals surface area (Å²) in [5.41, 5.74) is 1.52. The van der Waals surface area contributed by atoms with Gasteiger partial charge in [0.25, 0.3) is 5.56 Å². The summed E-state index contributed by atoms with van der Waals surface area (Å²) in [6.07, 6.45) is 2.67. The number of nitrogens with zero attached hydrogens (tertiary/aromatic N) is 3. The van der Waals surface area contributed by atoms with E-state index in [1.54, 1.807) is 6.92 Å². The van der Waals surface area contributed by atoms with Crippen molar-refractivity contribution in [3.05, 3.63) is 75.6 Å².